The summed E-state index contributed by atoms with van der Waals surface area (Å²) in [6.45, 7) is 3.18. The average molecular weight is 340 g/mol. The van der Waals surface area contributed by atoms with E-state index in [1.807, 2.05) is 24.4 Å². The molecule has 0 atom stereocenters. The minimum Gasteiger partial charge on any atom is -0.507 e. The first kappa shape index (κ1) is 14.1. The molecule has 19 heavy (non-hydrogen) atoms. The van der Waals surface area contributed by atoms with Crippen molar-refractivity contribution in [2.45, 2.75) is 13.5 Å². The highest BCUT2D eigenvalue weighted by molar-refractivity contribution is 9.10. The van der Waals surface area contributed by atoms with Gasteiger partial charge in [0.2, 0.25) is 0 Å². The van der Waals surface area contributed by atoms with Gasteiger partial charge in [0.15, 0.2) is 0 Å². The van der Waals surface area contributed by atoms with Crippen molar-refractivity contribution in [2.24, 2.45) is 0 Å². The highest BCUT2D eigenvalue weighted by atomic mass is 79.9. The molecule has 0 unspecified atom stereocenters. The molecule has 0 saturated heterocycles. The molecule has 0 aliphatic carbocycles. The summed E-state index contributed by atoms with van der Waals surface area (Å²) in [5, 5.41) is 11.6. The number of hydrogen-bond donors (Lipinski definition) is 1. The van der Waals surface area contributed by atoms with Gasteiger partial charge in [0.05, 0.1) is 11.0 Å². The maximum absolute atomic E-state index is 12.4. The first-order chi connectivity index (χ1) is 9.11. The Morgan fingerprint density at radius 2 is 2.21 bits per heavy atom. The SMILES string of the molecule is CCN(Cc1cccs1)C(=O)c1ccc(Br)c(O)c1. The van der Waals surface area contributed by atoms with Crippen molar-refractivity contribution in [1.29, 1.82) is 0 Å². The second-order valence-electron chi connectivity index (χ2n) is 4.06. The number of benzene rings is 1. The summed E-state index contributed by atoms with van der Waals surface area (Å²) in [5.41, 5.74) is 0.499. The largest absolute Gasteiger partial charge is 0.507 e. The molecule has 5 heteroatoms. The molecule has 1 aromatic heterocycles. The molecule has 0 bridgehead atoms. The molecule has 2 aromatic rings. The van der Waals surface area contributed by atoms with Crippen LogP contribution < -0.4 is 0 Å². The predicted molar refractivity (Wildman–Crippen MR) is 80.5 cm³/mol. The molecule has 100 valence electrons. The van der Waals surface area contributed by atoms with Crippen LogP contribution in [0.3, 0.4) is 0 Å². The molecule has 2 rings (SSSR count). The molecular formula is C14H14BrNO2S. The third-order valence-electron chi connectivity index (χ3n) is 2.79. The molecule has 0 saturated carbocycles. The van der Waals surface area contributed by atoms with Crippen LogP contribution in [-0.4, -0.2) is 22.5 Å². The Bertz CT molecular complexity index is 569. The number of carbonyl (C=O) groups excluding carboxylic acids is 1. The van der Waals surface area contributed by atoms with Crippen LogP contribution in [0.5, 0.6) is 5.75 Å². The maximum Gasteiger partial charge on any atom is 0.254 e. The Labute approximate surface area is 124 Å². The number of phenols is 1. The summed E-state index contributed by atoms with van der Waals surface area (Å²) < 4.78 is 0.588. The minimum atomic E-state index is -0.0706. The van der Waals surface area contributed by atoms with E-state index in [0.29, 0.717) is 23.1 Å². The lowest BCUT2D eigenvalue weighted by atomic mass is 10.2. The lowest BCUT2D eigenvalue weighted by molar-refractivity contribution is 0.0754. The number of halogens is 1. The van der Waals surface area contributed by atoms with E-state index in [1.54, 1.807) is 28.4 Å². The summed E-state index contributed by atoms with van der Waals surface area (Å²) in [6.07, 6.45) is 0. The molecule has 1 aromatic carbocycles. The molecule has 1 amide bonds. The molecule has 3 nitrogen and oxygen atoms in total. The van der Waals surface area contributed by atoms with Gasteiger partial charge >= 0.3 is 0 Å². The fourth-order valence-electron chi connectivity index (χ4n) is 1.75. The van der Waals surface area contributed by atoms with Crippen LogP contribution in [0.15, 0.2) is 40.2 Å². The summed E-state index contributed by atoms with van der Waals surface area (Å²) in [5.74, 6) is 0.0109. The molecule has 0 aliphatic heterocycles. The lowest BCUT2D eigenvalue weighted by Crippen LogP contribution is -2.29. The zero-order valence-corrected chi connectivity index (χ0v) is 12.9. The van der Waals surface area contributed by atoms with Gasteiger partial charge in [-0.25, -0.2) is 0 Å². The summed E-state index contributed by atoms with van der Waals surface area (Å²) in [4.78, 5) is 15.3. The van der Waals surface area contributed by atoms with E-state index in [-0.39, 0.29) is 11.7 Å². The first-order valence-corrected chi connectivity index (χ1v) is 7.59. The number of rotatable bonds is 4. The minimum absolute atomic E-state index is 0.0706. The van der Waals surface area contributed by atoms with Gasteiger partial charge in [-0.3, -0.25) is 4.79 Å². The first-order valence-electron chi connectivity index (χ1n) is 5.92. The fourth-order valence-corrected chi connectivity index (χ4v) is 2.71. The third kappa shape index (κ3) is 3.36. The van der Waals surface area contributed by atoms with E-state index in [9.17, 15) is 9.90 Å². The molecule has 0 radical (unpaired) electrons. The maximum atomic E-state index is 12.4. The summed E-state index contributed by atoms with van der Waals surface area (Å²) >= 11 is 4.84. The summed E-state index contributed by atoms with van der Waals surface area (Å²) in [6, 6.07) is 8.87. The highest BCUT2D eigenvalue weighted by Gasteiger charge is 2.16. The monoisotopic (exact) mass is 339 g/mol. The number of aromatic hydroxyl groups is 1. The van der Waals surface area contributed by atoms with Crippen molar-refractivity contribution in [3.8, 4) is 5.75 Å². The average Bonchev–Trinajstić information content (AvgIpc) is 2.91. The standard InChI is InChI=1S/C14H14BrNO2S/c1-2-16(9-11-4-3-7-19-11)14(18)10-5-6-12(15)13(17)8-10/h3-8,17H,2,9H2,1H3. The zero-order chi connectivity index (χ0) is 13.8. The molecule has 0 spiro atoms. The van der Waals surface area contributed by atoms with Gasteiger partial charge < -0.3 is 10.0 Å². The van der Waals surface area contributed by atoms with Crippen molar-refractivity contribution < 1.29 is 9.90 Å². The van der Waals surface area contributed by atoms with Crippen LogP contribution in [0, 0.1) is 0 Å². The van der Waals surface area contributed by atoms with Crippen molar-refractivity contribution in [3.05, 3.63) is 50.6 Å². The van der Waals surface area contributed by atoms with E-state index >= 15 is 0 Å². The topological polar surface area (TPSA) is 40.5 Å². The van der Waals surface area contributed by atoms with Crippen LogP contribution in [0.2, 0.25) is 0 Å². The van der Waals surface area contributed by atoms with Crippen molar-refractivity contribution >= 4 is 33.2 Å². The number of amides is 1. The number of hydrogen-bond acceptors (Lipinski definition) is 3. The second kappa shape index (κ2) is 6.21. The van der Waals surface area contributed by atoms with E-state index in [4.69, 9.17) is 0 Å². The van der Waals surface area contributed by atoms with Crippen LogP contribution in [-0.2, 0) is 6.54 Å². The Kier molecular flexibility index (Phi) is 4.61. The predicted octanol–water partition coefficient (Wildman–Crippen LogP) is 3.88. The van der Waals surface area contributed by atoms with Crippen molar-refractivity contribution in [1.82, 2.24) is 4.90 Å². The van der Waals surface area contributed by atoms with Crippen LogP contribution in [0.1, 0.15) is 22.2 Å². The van der Waals surface area contributed by atoms with Gasteiger partial charge in [0.1, 0.15) is 5.75 Å². The number of thiophene rings is 1. The van der Waals surface area contributed by atoms with E-state index in [1.165, 1.54) is 6.07 Å². The Hall–Kier alpha value is -1.33. The van der Waals surface area contributed by atoms with Gasteiger partial charge in [-0.05, 0) is 52.5 Å². The smallest absolute Gasteiger partial charge is 0.254 e. The van der Waals surface area contributed by atoms with Gasteiger partial charge in [-0.1, -0.05) is 6.07 Å². The molecule has 1 N–H and O–H groups in total. The summed E-state index contributed by atoms with van der Waals surface area (Å²) in [7, 11) is 0. The Balaban J connectivity index is 2.18. The van der Waals surface area contributed by atoms with Crippen LogP contribution in [0.25, 0.3) is 0 Å². The van der Waals surface area contributed by atoms with E-state index in [0.717, 1.165) is 4.88 Å². The van der Waals surface area contributed by atoms with E-state index < -0.39 is 0 Å². The van der Waals surface area contributed by atoms with Gasteiger partial charge in [0, 0.05) is 17.0 Å². The van der Waals surface area contributed by atoms with Gasteiger partial charge in [-0.15, -0.1) is 11.3 Å². The fraction of sp³-hybridized carbons (Fsp3) is 0.214. The van der Waals surface area contributed by atoms with E-state index in [2.05, 4.69) is 15.9 Å². The number of phenolic OH excluding ortho intramolecular Hbond substituents is 1. The second-order valence-corrected chi connectivity index (χ2v) is 5.95. The van der Waals surface area contributed by atoms with Crippen molar-refractivity contribution in [3.63, 3.8) is 0 Å². The zero-order valence-electron chi connectivity index (χ0n) is 10.5. The van der Waals surface area contributed by atoms with Gasteiger partial charge in [-0.2, -0.15) is 0 Å². The normalized spacial score (nSPS) is 10.4. The van der Waals surface area contributed by atoms with Crippen molar-refractivity contribution in [2.75, 3.05) is 6.54 Å². The Morgan fingerprint density at radius 1 is 1.42 bits per heavy atom. The number of nitrogens with zero attached hydrogens (tertiary/aromatic N) is 1. The van der Waals surface area contributed by atoms with Crippen LogP contribution >= 0.6 is 27.3 Å². The quantitative estimate of drug-likeness (QED) is 0.918. The lowest BCUT2D eigenvalue weighted by Gasteiger charge is -2.20. The number of carbonyl (C=O) groups is 1. The molecule has 1 heterocycles. The molecular weight excluding hydrogens is 326 g/mol. The third-order valence-corrected chi connectivity index (χ3v) is 4.32. The highest BCUT2D eigenvalue weighted by Crippen LogP contribution is 2.25. The molecule has 0 aliphatic rings. The molecule has 0 fully saturated rings. The van der Waals surface area contributed by atoms with Crippen LogP contribution in [0.4, 0.5) is 0 Å². The van der Waals surface area contributed by atoms with Gasteiger partial charge in [0.25, 0.3) is 5.91 Å². The Morgan fingerprint density at radius 3 is 2.79 bits per heavy atom.